The lowest BCUT2D eigenvalue weighted by molar-refractivity contribution is -0.153. The number of hydrogen-bond donors (Lipinski definition) is 1. The summed E-state index contributed by atoms with van der Waals surface area (Å²) in [5.74, 6) is -0.0922. The fraction of sp³-hybridized carbons (Fsp3) is 0.500. The Morgan fingerprint density at radius 1 is 1.53 bits per heavy atom. The maximum absolute atomic E-state index is 11.2. The zero-order valence-corrected chi connectivity index (χ0v) is 11.4. The molecule has 1 N–H and O–H groups in total. The van der Waals surface area contributed by atoms with Crippen LogP contribution in [0.1, 0.15) is 25.0 Å². The summed E-state index contributed by atoms with van der Waals surface area (Å²) >= 11 is 0. The Kier molecular flexibility index (Phi) is 4.07. The SMILES string of the molecule is CC(C)OC(Cc1ccc2c(c1)CN(C)O2)C(=O)O. The van der Waals surface area contributed by atoms with Crippen molar-refractivity contribution in [1.29, 1.82) is 0 Å². The molecule has 2 rings (SSSR count). The molecule has 1 unspecified atom stereocenters. The monoisotopic (exact) mass is 265 g/mol. The molecule has 104 valence electrons. The molecule has 0 spiro atoms. The predicted molar refractivity (Wildman–Crippen MR) is 69.9 cm³/mol. The van der Waals surface area contributed by atoms with Crippen LogP contribution < -0.4 is 4.84 Å². The summed E-state index contributed by atoms with van der Waals surface area (Å²) in [5, 5.41) is 10.9. The molecule has 0 fully saturated rings. The molecule has 19 heavy (non-hydrogen) atoms. The van der Waals surface area contributed by atoms with E-state index in [1.165, 1.54) is 0 Å². The van der Waals surface area contributed by atoms with Crippen LogP contribution in [0.5, 0.6) is 5.75 Å². The van der Waals surface area contributed by atoms with E-state index < -0.39 is 12.1 Å². The molecule has 0 bridgehead atoms. The van der Waals surface area contributed by atoms with Crippen LogP contribution in [-0.4, -0.2) is 35.4 Å². The highest BCUT2D eigenvalue weighted by atomic mass is 16.7. The first-order chi connectivity index (χ1) is 8.95. The zero-order valence-electron chi connectivity index (χ0n) is 11.4. The predicted octanol–water partition coefficient (Wildman–Crippen LogP) is 1.85. The van der Waals surface area contributed by atoms with Crippen LogP contribution in [0.4, 0.5) is 0 Å². The van der Waals surface area contributed by atoms with Gasteiger partial charge in [-0.2, -0.15) is 0 Å². The van der Waals surface area contributed by atoms with Crippen molar-refractivity contribution < 1.29 is 19.5 Å². The fourth-order valence-electron chi connectivity index (χ4n) is 2.15. The molecule has 1 aliphatic rings. The second-order valence-corrected chi connectivity index (χ2v) is 5.04. The summed E-state index contributed by atoms with van der Waals surface area (Å²) in [6.45, 7) is 4.38. The standard InChI is InChI=1S/C14H19NO4/c1-9(2)18-13(14(16)17)7-10-4-5-12-11(6-10)8-15(3)19-12/h4-6,9,13H,7-8H2,1-3H3,(H,16,17). The highest BCUT2D eigenvalue weighted by molar-refractivity contribution is 5.72. The lowest BCUT2D eigenvalue weighted by atomic mass is 10.0. The van der Waals surface area contributed by atoms with E-state index in [0.29, 0.717) is 13.0 Å². The van der Waals surface area contributed by atoms with Crippen molar-refractivity contribution in [2.24, 2.45) is 0 Å². The summed E-state index contributed by atoms with van der Waals surface area (Å²) in [7, 11) is 1.86. The third-order valence-electron chi connectivity index (χ3n) is 2.91. The third-order valence-corrected chi connectivity index (χ3v) is 2.91. The molecular formula is C14H19NO4. The average molecular weight is 265 g/mol. The van der Waals surface area contributed by atoms with Gasteiger partial charge >= 0.3 is 5.97 Å². The van der Waals surface area contributed by atoms with Gasteiger partial charge < -0.3 is 14.7 Å². The Bertz CT molecular complexity index is 473. The van der Waals surface area contributed by atoms with Crippen molar-refractivity contribution in [1.82, 2.24) is 5.06 Å². The van der Waals surface area contributed by atoms with Gasteiger partial charge in [0.1, 0.15) is 0 Å². The number of carboxylic acid groups (broad SMARTS) is 1. The average Bonchev–Trinajstić information content (AvgIpc) is 2.66. The number of carboxylic acids is 1. The van der Waals surface area contributed by atoms with Gasteiger partial charge in [0.25, 0.3) is 0 Å². The number of rotatable bonds is 5. The van der Waals surface area contributed by atoms with E-state index >= 15 is 0 Å². The van der Waals surface area contributed by atoms with E-state index in [4.69, 9.17) is 14.7 Å². The maximum Gasteiger partial charge on any atom is 0.333 e. The van der Waals surface area contributed by atoms with Crippen LogP contribution >= 0.6 is 0 Å². The Labute approximate surface area is 112 Å². The smallest absolute Gasteiger partial charge is 0.333 e. The second kappa shape index (κ2) is 5.59. The first kappa shape index (κ1) is 13.8. The van der Waals surface area contributed by atoms with Crippen molar-refractivity contribution in [3.8, 4) is 5.75 Å². The highest BCUT2D eigenvalue weighted by Gasteiger charge is 2.22. The van der Waals surface area contributed by atoms with Gasteiger partial charge in [-0.1, -0.05) is 12.1 Å². The molecule has 0 saturated carbocycles. The van der Waals surface area contributed by atoms with Crippen molar-refractivity contribution >= 4 is 5.97 Å². The Balaban J connectivity index is 2.10. The summed E-state index contributed by atoms with van der Waals surface area (Å²) in [4.78, 5) is 16.6. The maximum atomic E-state index is 11.2. The molecule has 0 aliphatic carbocycles. The molecule has 1 heterocycles. The van der Waals surface area contributed by atoms with E-state index in [2.05, 4.69) is 0 Å². The van der Waals surface area contributed by atoms with E-state index in [1.807, 2.05) is 39.1 Å². The zero-order chi connectivity index (χ0) is 14.0. The normalized spacial score (nSPS) is 16.2. The van der Waals surface area contributed by atoms with Crippen molar-refractivity contribution in [3.63, 3.8) is 0 Å². The quantitative estimate of drug-likeness (QED) is 0.880. The second-order valence-electron chi connectivity index (χ2n) is 5.04. The van der Waals surface area contributed by atoms with Crippen LogP contribution in [0.25, 0.3) is 0 Å². The summed E-state index contributed by atoms with van der Waals surface area (Å²) < 4.78 is 5.41. The van der Waals surface area contributed by atoms with Crippen LogP contribution in [-0.2, 0) is 22.5 Å². The number of ether oxygens (including phenoxy) is 1. The van der Waals surface area contributed by atoms with Gasteiger partial charge in [0, 0.05) is 19.0 Å². The summed E-state index contributed by atoms with van der Waals surface area (Å²) in [5.41, 5.74) is 2.03. The lowest BCUT2D eigenvalue weighted by Crippen LogP contribution is -2.29. The van der Waals surface area contributed by atoms with Crippen molar-refractivity contribution in [3.05, 3.63) is 29.3 Å². The topological polar surface area (TPSA) is 59.0 Å². The number of hydrogen-bond acceptors (Lipinski definition) is 4. The van der Waals surface area contributed by atoms with Gasteiger partial charge in [-0.25, -0.2) is 4.79 Å². The van der Waals surface area contributed by atoms with Gasteiger partial charge in [0.05, 0.1) is 12.6 Å². The molecule has 0 saturated heterocycles. The third kappa shape index (κ3) is 3.45. The molecule has 0 amide bonds. The van der Waals surface area contributed by atoms with Crippen LogP contribution in [0, 0.1) is 0 Å². The van der Waals surface area contributed by atoms with Gasteiger partial charge in [-0.05, 0) is 25.5 Å². The number of aliphatic carboxylic acids is 1. The molecule has 5 nitrogen and oxygen atoms in total. The van der Waals surface area contributed by atoms with E-state index in [9.17, 15) is 4.79 Å². The van der Waals surface area contributed by atoms with Gasteiger partial charge in [-0.3, -0.25) is 0 Å². The Morgan fingerprint density at radius 3 is 2.89 bits per heavy atom. The van der Waals surface area contributed by atoms with Crippen LogP contribution in [0.3, 0.4) is 0 Å². The first-order valence-corrected chi connectivity index (χ1v) is 6.35. The Morgan fingerprint density at radius 2 is 2.26 bits per heavy atom. The lowest BCUT2D eigenvalue weighted by Gasteiger charge is -2.16. The minimum absolute atomic E-state index is 0.106. The molecule has 0 radical (unpaired) electrons. The number of nitrogens with zero attached hydrogens (tertiary/aromatic N) is 1. The minimum atomic E-state index is -0.928. The molecule has 1 atom stereocenters. The Hall–Kier alpha value is -1.59. The first-order valence-electron chi connectivity index (χ1n) is 6.35. The number of hydroxylamine groups is 2. The highest BCUT2D eigenvalue weighted by Crippen LogP contribution is 2.28. The molecule has 1 aromatic carbocycles. The van der Waals surface area contributed by atoms with Gasteiger partial charge in [0.15, 0.2) is 11.9 Å². The van der Waals surface area contributed by atoms with Crippen molar-refractivity contribution in [2.45, 2.75) is 39.0 Å². The molecule has 1 aliphatic heterocycles. The minimum Gasteiger partial charge on any atom is -0.479 e. The van der Waals surface area contributed by atoms with Gasteiger partial charge in [0.2, 0.25) is 0 Å². The van der Waals surface area contributed by atoms with Gasteiger partial charge in [-0.15, -0.1) is 5.06 Å². The summed E-state index contributed by atoms with van der Waals surface area (Å²) in [6, 6.07) is 5.75. The van der Waals surface area contributed by atoms with Crippen LogP contribution in [0.2, 0.25) is 0 Å². The van der Waals surface area contributed by atoms with E-state index in [1.54, 1.807) is 5.06 Å². The number of fused-ring (bicyclic) bond motifs is 1. The molecule has 5 heteroatoms. The fourth-order valence-corrected chi connectivity index (χ4v) is 2.15. The molecule has 1 aromatic rings. The largest absolute Gasteiger partial charge is 0.479 e. The van der Waals surface area contributed by atoms with E-state index in [0.717, 1.165) is 16.9 Å². The molecule has 0 aromatic heterocycles. The number of carbonyl (C=O) groups is 1. The molecular weight excluding hydrogens is 246 g/mol. The van der Waals surface area contributed by atoms with Crippen molar-refractivity contribution in [2.75, 3.05) is 7.05 Å². The number of benzene rings is 1. The van der Waals surface area contributed by atoms with Crippen LogP contribution in [0.15, 0.2) is 18.2 Å². The summed E-state index contributed by atoms with van der Waals surface area (Å²) in [6.07, 6.45) is -0.548. The van der Waals surface area contributed by atoms with E-state index in [-0.39, 0.29) is 6.10 Å².